The predicted octanol–water partition coefficient (Wildman–Crippen LogP) is 4.23. The zero-order valence-corrected chi connectivity index (χ0v) is 18.7. The van der Waals surface area contributed by atoms with E-state index in [0.717, 1.165) is 34.2 Å². The zero-order chi connectivity index (χ0) is 19.6. The topological polar surface area (TPSA) is 53.5 Å². The SMILES string of the molecule is Cc1cc(C)n(C(C)(n2nc(C)cc2C)n2nc(C)cc2C)n1.[Cl][Mn][Cl]. The summed E-state index contributed by atoms with van der Waals surface area (Å²) in [5, 5.41) is 14.2. The molecule has 0 saturated heterocycles. The van der Waals surface area contributed by atoms with Gasteiger partial charge >= 0.3 is 33.3 Å². The molecule has 0 amide bonds. The second kappa shape index (κ2) is 8.17. The second-order valence-electron chi connectivity index (χ2n) is 6.54. The monoisotopic (exact) mass is 437 g/mol. The summed E-state index contributed by atoms with van der Waals surface area (Å²) in [4.78, 5) is 0. The number of aryl methyl sites for hydroxylation is 6. The van der Waals surface area contributed by atoms with E-state index in [1.165, 1.54) is 0 Å². The molecule has 3 aromatic rings. The van der Waals surface area contributed by atoms with Crippen LogP contribution < -0.4 is 0 Å². The van der Waals surface area contributed by atoms with Gasteiger partial charge in [0.25, 0.3) is 0 Å². The first-order valence-electron chi connectivity index (χ1n) is 8.13. The van der Waals surface area contributed by atoms with Gasteiger partial charge in [-0.15, -0.1) is 0 Å². The van der Waals surface area contributed by atoms with Crippen LogP contribution >= 0.6 is 20.2 Å². The molecule has 9 heteroatoms. The molecule has 3 aromatic heterocycles. The van der Waals surface area contributed by atoms with E-state index >= 15 is 0 Å². The van der Waals surface area contributed by atoms with E-state index in [9.17, 15) is 0 Å². The first-order valence-corrected chi connectivity index (χ1v) is 11.4. The van der Waals surface area contributed by atoms with Crippen LogP contribution in [0, 0.1) is 41.5 Å². The van der Waals surface area contributed by atoms with Gasteiger partial charge in [0.05, 0.1) is 17.1 Å². The van der Waals surface area contributed by atoms with Crippen molar-refractivity contribution in [3.05, 3.63) is 52.4 Å². The Balaban J connectivity index is 0.000000758. The van der Waals surface area contributed by atoms with Gasteiger partial charge < -0.3 is 0 Å². The molecule has 0 aliphatic rings. The Kier molecular flexibility index (Phi) is 6.61. The summed E-state index contributed by atoms with van der Waals surface area (Å²) < 4.78 is 6.00. The average molecular weight is 438 g/mol. The number of rotatable bonds is 3. The first-order chi connectivity index (χ1) is 12.1. The van der Waals surface area contributed by atoms with Crippen molar-refractivity contribution in [2.24, 2.45) is 0 Å². The Morgan fingerprint density at radius 1 is 0.692 bits per heavy atom. The van der Waals surface area contributed by atoms with Crippen molar-refractivity contribution in [1.29, 1.82) is 0 Å². The molecule has 0 aliphatic carbocycles. The minimum atomic E-state index is -0.672. The molecule has 0 saturated carbocycles. The van der Waals surface area contributed by atoms with Crippen LogP contribution in [0.25, 0.3) is 0 Å². The van der Waals surface area contributed by atoms with Gasteiger partial charge in [-0.25, -0.2) is 14.0 Å². The van der Waals surface area contributed by atoms with E-state index in [2.05, 4.69) is 45.9 Å². The summed E-state index contributed by atoms with van der Waals surface area (Å²) >= 11 is 0.00694. The summed E-state index contributed by atoms with van der Waals surface area (Å²) in [6.45, 7) is 14.3. The third kappa shape index (κ3) is 3.86. The number of aromatic nitrogens is 6. The van der Waals surface area contributed by atoms with Crippen molar-refractivity contribution >= 4 is 20.2 Å². The number of hydrogen-bond donors (Lipinski definition) is 0. The van der Waals surface area contributed by atoms with Crippen LogP contribution in [-0.4, -0.2) is 29.3 Å². The molecular formula is C17H24Cl2MnN6. The van der Waals surface area contributed by atoms with Gasteiger partial charge in [0.1, 0.15) is 0 Å². The van der Waals surface area contributed by atoms with Gasteiger partial charge in [-0.05, 0) is 59.7 Å². The fourth-order valence-electron chi connectivity index (χ4n) is 3.44. The molecular weight excluding hydrogens is 414 g/mol. The van der Waals surface area contributed by atoms with Crippen LogP contribution in [0.5, 0.6) is 0 Å². The molecule has 26 heavy (non-hydrogen) atoms. The van der Waals surface area contributed by atoms with E-state index in [-0.39, 0.29) is 13.1 Å². The standard InChI is InChI=1S/C17H24N6.2ClH.Mn/c1-11-8-14(4)21(18-11)17(7,22-15(5)9-12(2)19-22)23-16(6)10-13(3)20-23;;;/h8-10H,1-7H3;2*1H;/q;;;+2/p-2. The van der Waals surface area contributed by atoms with E-state index in [0.29, 0.717) is 0 Å². The van der Waals surface area contributed by atoms with Crippen LogP contribution in [0.2, 0.25) is 0 Å². The summed E-state index contributed by atoms with van der Waals surface area (Å²) in [6, 6.07) is 6.24. The van der Waals surface area contributed by atoms with E-state index in [1.807, 2.05) is 34.8 Å². The average Bonchev–Trinajstić information content (AvgIpc) is 3.17. The normalized spacial score (nSPS) is 11.4. The van der Waals surface area contributed by atoms with Gasteiger partial charge in [-0.3, -0.25) is 0 Å². The Bertz CT molecular complexity index is 783. The van der Waals surface area contributed by atoms with E-state index in [4.69, 9.17) is 35.5 Å². The Morgan fingerprint density at radius 2 is 0.923 bits per heavy atom. The van der Waals surface area contributed by atoms with Gasteiger partial charge in [0.2, 0.25) is 5.79 Å². The molecule has 3 heterocycles. The maximum absolute atomic E-state index is 4.80. The first kappa shape index (κ1) is 21.0. The molecule has 0 fully saturated rings. The number of halogens is 2. The van der Waals surface area contributed by atoms with Crippen molar-refractivity contribution in [3.8, 4) is 0 Å². The molecule has 0 spiro atoms. The van der Waals surface area contributed by atoms with Crippen molar-refractivity contribution in [3.63, 3.8) is 0 Å². The summed E-state index contributed by atoms with van der Waals surface area (Å²) in [7, 11) is 9.59. The fourth-order valence-corrected chi connectivity index (χ4v) is 3.44. The number of nitrogens with zero attached hydrogens (tertiary/aromatic N) is 6. The molecule has 6 nitrogen and oxygen atoms in total. The van der Waals surface area contributed by atoms with Gasteiger partial charge in [0, 0.05) is 24.0 Å². The summed E-state index contributed by atoms with van der Waals surface area (Å²) in [6.07, 6.45) is 0. The van der Waals surface area contributed by atoms with Crippen molar-refractivity contribution < 1.29 is 13.1 Å². The second-order valence-corrected chi connectivity index (χ2v) is 8.49. The number of hydrogen-bond acceptors (Lipinski definition) is 3. The Hall–Kier alpha value is -1.27. The maximum atomic E-state index is 4.80. The van der Waals surface area contributed by atoms with Crippen LogP contribution in [0.1, 0.15) is 41.1 Å². The molecule has 0 bridgehead atoms. The summed E-state index contributed by atoms with van der Waals surface area (Å²) in [5.74, 6) is -0.672. The van der Waals surface area contributed by atoms with Crippen LogP contribution in [0.3, 0.4) is 0 Å². The third-order valence-corrected chi connectivity index (χ3v) is 4.23. The van der Waals surface area contributed by atoms with E-state index in [1.54, 1.807) is 0 Å². The molecule has 0 unspecified atom stereocenters. The third-order valence-electron chi connectivity index (χ3n) is 4.23. The van der Waals surface area contributed by atoms with Gasteiger partial charge in [-0.1, -0.05) is 0 Å². The molecule has 0 aliphatic heterocycles. The molecule has 3 rings (SSSR count). The van der Waals surface area contributed by atoms with Crippen LogP contribution in [0.15, 0.2) is 18.2 Å². The molecule has 0 N–H and O–H groups in total. The van der Waals surface area contributed by atoms with Gasteiger partial charge in [0.15, 0.2) is 0 Å². The quantitative estimate of drug-likeness (QED) is 0.576. The van der Waals surface area contributed by atoms with Crippen LogP contribution in [0.4, 0.5) is 0 Å². The molecule has 0 aromatic carbocycles. The van der Waals surface area contributed by atoms with Crippen LogP contribution in [-0.2, 0) is 18.9 Å². The Morgan fingerprint density at radius 3 is 1.08 bits per heavy atom. The van der Waals surface area contributed by atoms with Crippen molar-refractivity contribution in [2.75, 3.05) is 0 Å². The van der Waals surface area contributed by atoms with Crippen molar-refractivity contribution in [1.82, 2.24) is 29.3 Å². The molecule has 0 radical (unpaired) electrons. The van der Waals surface area contributed by atoms with Gasteiger partial charge in [-0.2, -0.15) is 15.3 Å². The molecule has 0 atom stereocenters. The Labute approximate surface area is 169 Å². The van der Waals surface area contributed by atoms with E-state index < -0.39 is 5.79 Å². The fraction of sp³-hybridized carbons (Fsp3) is 0.471. The van der Waals surface area contributed by atoms with Crippen molar-refractivity contribution in [2.45, 2.75) is 54.3 Å². The molecule has 143 valence electrons. The zero-order valence-electron chi connectivity index (χ0n) is 16.0. The predicted molar refractivity (Wildman–Crippen MR) is 101 cm³/mol. The summed E-state index contributed by atoms with van der Waals surface area (Å²) in [5.41, 5.74) is 6.17. The minimum absolute atomic E-state index is 0.00694.